The van der Waals surface area contributed by atoms with Gasteiger partial charge in [0.25, 0.3) is 15.9 Å². The first kappa shape index (κ1) is 36.9. The van der Waals surface area contributed by atoms with Gasteiger partial charge in [-0.1, -0.05) is 13.0 Å². The summed E-state index contributed by atoms with van der Waals surface area (Å²) in [5.74, 6) is -0.373. The Hall–Kier alpha value is -2.55. The van der Waals surface area contributed by atoms with Gasteiger partial charge >= 0.3 is 0 Å². The minimum atomic E-state index is -3.70. The van der Waals surface area contributed by atoms with Gasteiger partial charge in [0.15, 0.2) is 0 Å². The predicted molar refractivity (Wildman–Crippen MR) is 177 cm³/mol. The third kappa shape index (κ3) is 10.8. The number of ether oxygens (including phenoxy) is 2. The molecule has 2 heterocycles. The Balaban J connectivity index is 1.92. The molecule has 1 aliphatic heterocycles. The zero-order chi connectivity index (χ0) is 33.1. The maximum atomic E-state index is 14.3. The number of aliphatic hydroxyl groups excluding tert-OH is 1. The van der Waals surface area contributed by atoms with Gasteiger partial charge < -0.3 is 29.7 Å². The fraction of sp³-hybridized carbons (Fsp3) is 0.625. The van der Waals surface area contributed by atoms with Gasteiger partial charge in [-0.15, -0.1) is 11.3 Å². The predicted octanol–water partition coefficient (Wildman–Crippen LogP) is 4.14. The van der Waals surface area contributed by atoms with E-state index in [1.807, 2.05) is 32.8 Å². The second kappa shape index (κ2) is 17.4. The first-order valence-electron chi connectivity index (χ1n) is 15.6. The highest BCUT2D eigenvalue weighted by molar-refractivity contribution is 7.91. The molecule has 0 aliphatic carbocycles. The molecule has 0 saturated heterocycles. The topological polar surface area (TPSA) is 129 Å². The van der Waals surface area contributed by atoms with Crippen LogP contribution in [0.1, 0.15) is 63.2 Å². The maximum Gasteiger partial charge on any atom is 0.258 e. The number of fused-ring (bicyclic) bond motifs is 1. The molecule has 0 saturated carbocycles. The van der Waals surface area contributed by atoms with E-state index in [0.29, 0.717) is 30.9 Å². The van der Waals surface area contributed by atoms with E-state index < -0.39 is 22.2 Å². The highest BCUT2D eigenvalue weighted by Gasteiger charge is 2.32. The average molecular weight is 667 g/mol. The molecule has 1 aliphatic rings. The van der Waals surface area contributed by atoms with Gasteiger partial charge in [-0.25, -0.2) is 8.42 Å². The van der Waals surface area contributed by atoms with Crippen molar-refractivity contribution in [1.29, 1.82) is 0 Å². The molecule has 45 heavy (non-hydrogen) atoms. The number of likely N-dealkylation sites (N-methyl/N-ethyl adjacent to an activating group) is 1. The summed E-state index contributed by atoms with van der Waals surface area (Å²) >= 11 is 1.16. The fourth-order valence-electron chi connectivity index (χ4n) is 5.16. The summed E-state index contributed by atoms with van der Waals surface area (Å²) in [6.45, 7) is 6.90. The van der Waals surface area contributed by atoms with Gasteiger partial charge in [-0.2, -0.15) is 4.31 Å². The number of carbonyl (C=O) groups is 2. The third-order valence-corrected chi connectivity index (χ3v) is 11.1. The molecular formula is C32H50N4O7S2. The van der Waals surface area contributed by atoms with Crippen LogP contribution in [0.15, 0.2) is 39.9 Å². The van der Waals surface area contributed by atoms with Crippen LogP contribution in [0.5, 0.6) is 5.75 Å². The lowest BCUT2D eigenvalue weighted by atomic mass is 10.0. The summed E-state index contributed by atoms with van der Waals surface area (Å²) in [6, 6.07) is 7.83. The lowest BCUT2D eigenvalue weighted by Gasteiger charge is -2.35. The molecule has 2 N–H and O–H groups in total. The number of hydrogen-bond acceptors (Lipinski definition) is 9. The number of rotatable bonds is 11. The molecule has 0 unspecified atom stereocenters. The molecule has 0 bridgehead atoms. The molecule has 0 radical (unpaired) electrons. The summed E-state index contributed by atoms with van der Waals surface area (Å²) in [5, 5.41) is 14.8. The van der Waals surface area contributed by atoms with Gasteiger partial charge in [0.1, 0.15) is 9.96 Å². The van der Waals surface area contributed by atoms with Gasteiger partial charge in [-0.05, 0) is 89.8 Å². The van der Waals surface area contributed by atoms with Crippen molar-refractivity contribution in [3.63, 3.8) is 0 Å². The number of hydrogen-bond donors (Lipinski definition) is 2. The summed E-state index contributed by atoms with van der Waals surface area (Å²) in [5.41, 5.74) is 0.771. The van der Waals surface area contributed by atoms with Crippen LogP contribution in [0, 0.1) is 5.92 Å². The smallest absolute Gasteiger partial charge is 0.258 e. The lowest BCUT2D eigenvalue weighted by Crippen LogP contribution is -2.48. The summed E-state index contributed by atoms with van der Waals surface area (Å²) in [4.78, 5) is 30.5. The molecule has 0 spiro atoms. The van der Waals surface area contributed by atoms with Crippen molar-refractivity contribution < 1.29 is 32.6 Å². The Morgan fingerprint density at radius 3 is 2.62 bits per heavy atom. The van der Waals surface area contributed by atoms with Crippen LogP contribution in [-0.2, 0) is 19.6 Å². The van der Waals surface area contributed by atoms with Crippen LogP contribution in [0.4, 0.5) is 5.69 Å². The molecule has 2 aromatic rings. The molecule has 252 valence electrons. The number of benzene rings is 1. The quantitative estimate of drug-likeness (QED) is 0.366. The Morgan fingerprint density at radius 2 is 1.96 bits per heavy atom. The number of amides is 2. The highest BCUT2D eigenvalue weighted by atomic mass is 32.2. The van der Waals surface area contributed by atoms with Crippen LogP contribution in [-0.4, -0.2) is 112 Å². The van der Waals surface area contributed by atoms with Crippen molar-refractivity contribution in [3.05, 3.63) is 41.3 Å². The first-order chi connectivity index (χ1) is 21.3. The molecule has 2 amide bonds. The van der Waals surface area contributed by atoms with Crippen LogP contribution in [0.2, 0.25) is 0 Å². The van der Waals surface area contributed by atoms with Gasteiger partial charge in [-0.3, -0.25) is 9.59 Å². The average Bonchev–Trinajstić information content (AvgIpc) is 3.54. The van der Waals surface area contributed by atoms with E-state index in [9.17, 15) is 23.1 Å². The van der Waals surface area contributed by atoms with Crippen molar-refractivity contribution in [2.75, 3.05) is 59.3 Å². The van der Waals surface area contributed by atoms with E-state index in [1.54, 1.807) is 54.6 Å². The normalized spacial score (nSPS) is 21.2. The second-order valence-electron chi connectivity index (χ2n) is 12.2. The zero-order valence-corrected chi connectivity index (χ0v) is 29.0. The summed E-state index contributed by atoms with van der Waals surface area (Å²) in [6.07, 6.45) is 2.67. The van der Waals surface area contributed by atoms with E-state index in [1.165, 1.54) is 4.31 Å². The molecule has 3 rings (SSSR count). The van der Waals surface area contributed by atoms with Crippen molar-refractivity contribution in [3.8, 4) is 5.75 Å². The molecule has 1 aromatic carbocycles. The Labute approximate surface area is 272 Å². The molecular weight excluding hydrogens is 617 g/mol. The van der Waals surface area contributed by atoms with Gasteiger partial charge in [0.05, 0.1) is 30.4 Å². The number of carbonyl (C=O) groups excluding carboxylic acids is 2. The van der Waals surface area contributed by atoms with E-state index in [0.717, 1.165) is 37.1 Å². The number of thiophene rings is 1. The summed E-state index contributed by atoms with van der Waals surface area (Å²) < 4.78 is 40.5. The van der Waals surface area contributed by atoms with E-state index >= 15 is 0 Å². The zero-order valence-electron chi connectivity index (χ0n) is 27.4. The number of nitrogens with zero attached hydrogens (tertiary/aromatic N) is 3. The van der Waals surface area contributed by atoms with E-state index in [-0.39, 0.29) is 53.3 Å². The third-order valence-electron chi connectivity index (χ3n) is 7.94. The Morgan fingerprint density at radius 1 is 1.20 bits per heavy atom. The van der Waals surface area contributed by atoms with Crippen LogP contribution < -0.4 is 10.1 Å². The minimum Gasteiger partial charge on any atom is -0.490 e. The first-order valence-corrected chi connectivity index (χ1v) is 17.9. The van der Waals surface area contributed by atoms with Crippen LogP contribution in [0.3, 0.4) is 0 Å². The fourth-order valence-corrected chi connectivity index (χ4v) is 7.54. The number of nitrogens with one attached hydrogen (secondary N) is 1. The number of anilines is 1. The Bertz CT molecular complexity index is 1340. The van der Waals surface area contributed by atoms with Gasteiger partial charge in [0, 0.05) is 44.8 Å². The van der Waals surface area contributed by atoms with E-state index in [4.69, 9.17) is 9.47 Å². The SMILES string of the molecule is C[C@@H]1CCCCO[C@H](CN(C)S(=O)(=O)c2cccs2)[C@H](C)CN([C@@H](C)CO)C(=O)c2cc(NC(=O)CCCN(C)C)ccc2O1. The van der Waals surface area contributed by atoms with Crippen molar-refractivity contribution in [2.24, 2.45) is 5.92 Å². The van der Waals surface area contributed by atoms with Crippen molar-refractivity contribution in [1.82, 2.24) is 14.1 Å². The largest absolute Gasteiger partial charge is 0.490 e. The lowest BCUT2D eigenvalue weighted by molar-refractivity contribution is -0.116. The van der Waals surface area contributed by atoms with Gasteiger partial charge in [0.2, 0.25) is 5.91 Å². The summed E-state index contributed by atoms with van der Waals surface area (Å²) in [7, 11) is 1.76. The second-order valence-corrected chi connectivity index (χ2v) is 15.4. The molecule has 11 nitrogen and oxygen atoms in total. The molecule has 13 heteroatoms. The highest BCUT2D eigenvalue weighted by Crippen LogP contribution is 2.29. The maximum absolute atomic E-state index is 14.3. The Kier molecular flexibility index (Phi) is 14.3. The van der Waals surface area contributed by atoms with Crippen molar-refractivity contribution in [2.45, 2.75) is 75.3 Å². The molecule has 1 aromatic heterocycles. The van der Waals surface area contributed by atoms with Crippen molar-refractivity contribution >= 4 is 38.9 Å². The van der Waals surface area contributed by atoms with E-state index in [2.05, 4.69) is 5.32 Å². The molecule has 4 atom stereocenters. The standard InChI is InChI=1S/C32H50N4O7S2/c1-23-20-36(24(2)22-37)32(39)27-19-26(33-30(38)12-9-16-34(4)5)14-15-28(27)43-25(3)11-7-8-17-42-29(23)21-35(6)45(40,41)31-13-10-18-44-31/h10,13-15,18-19,23-25,29,37H,7-9,11-12,16-17,20-22H2,1-6H3,(H,33,38)/t23-,24+,25-,29-/m1/s1. The number of sulfonamides is 1. The monoisotopic (exact) mass is 666 g/mol. The molecule has 0 fully saturated rings. The minimum absolute atomic E-state index is 0.108. The number of aliphatic hydroxyl groups is 1. The van der Waals surface area contributed by atoms with Crippen LogP contribution >= 0.6 is 11.3 Å². The van der Waals surface area contributed by atoms with Crippen LogP contribution in [0.25, 0.3) is 0 Å².